The standard InChI is InChI=1S/C15H21F3N2O2/c1-10(2)6-13(21)9-19-14(22)20-12-5-3-4-11(7-12)8-15(16,17)18/h3-5,7,10,13,21H,6,8-9H2,1-2H3,(H2,19,20,22). The van der Waals surface area contributed by atoms with Gasteiger partial charge in [-0.15, -0.1) is 0 Å². The van der Waals surface area contributed by atoms with Crippen LogP contribution in [0.15, 0.2) is 24.3 Å². The number of amides is 2. The largest absolute Gasteiger partial charge is 0.393 e. The van der Waals surface area contributed by atoms with Crippen molar-refractivity contribution < 1.29 is 23.1 Å². The van der Waals surface area contributed by atoms with E-state index in [1.54, 1.807) is 0 Å². The van der Waals surface area contributed by atoms with Crippen LogP contribution in [0.1, 0.15) is 25.8 Å². The molecule has 1 unspecified atom stereocenters. The topological polar surface area (TPSA) is 61.4 Å². The average Bonchev–Trinajstić information content (AvgIpc) is 2.34. The van der Waals surface area contributed by atoms with Gasteiger partial charge in [0, 0.05) is 12.2 Å². The van der Waals surface area contributed by atoms with Crippen LogP contribution in [0.25, 0.3) is 0 Å². The number of urea groups is 1. The number of carbonyl (C=O) groups is 1. The van der Waals surface area contributed by atoms with Gasteiger partial charge in [-0.25, -0.2) is 4.79 Å². The van der Waals surface area contributed by atoms with Crippen molar-refractivity contribution in [3.63, 3.8) is 0 Å². The fraction of sp³-hybridized carbons (Fsp3) is 0.533. The van der Waals surface area contributed by atoms with E-state index in [9.17, 15) is 23.1 Å². The first-order valence-electron chi connectivity index (χ1n) is 7.04. The molecule has 3 N–H and O–H groups in total. The zero-order valence-electron chi connectivity index (χ0n) is 12.6. The van der Waals surface area contributed by atoms with Crippen molar-refractivity contribution in [2.24, 2.45) is 5.92 Å². The van der Waals surface area contributed by atoms with E-state index in [1.165, 1.54) is 24.3 Å². The van der Waals surface area contributed by atoms with Gasteiger partial charge in [-0.05, 0) is 30.0 Å². The van der Waals surface area contributed by atoms with Gasteiger partial charge in [0.2, 0.25) is 0 Å². The van der Waals surface area contributed by atoms with Crippen LogP contribution < -0.4 is 10.6 Å². The number of rotatable bonds is 6. The minimum Gasteiger partial charge on any atom is -0.391 e. The number of hydrogen-bond acceptors (Lipinski definition) is 2. The Bertz CT molecular complexity index is 490. The highest BCUT2D eigenvalue weighted by molar-refractivity contribution is 5.89. The molecule has 0 bridgehead atoms. The first kappa shape index (κ1) is 18.3. The third-order valence-corrected chi connectivity index (χ3v) is 2.83. The highest BCUT2D eigenvalue weighted by Gasteiger charge is 2.27. The second-order valence-electron chi connectivity index (χ2n) is 5.61. The summed E-state index contributed by atoms with van der Waals surface area (Å²) in [5.41, 5.74) is 0.350. The Morgan fingerprint density at radius 1 is 1.32 bits per heavy atom. The third-order valence-electron chi connectivity index (χ3n) is 2.83. The molecule has 0 fully saturated rings. The summed E-state index contributed by atoms with van der Waals surface area (Å²) >= 11 is 0. The predicted molar refractivity (Wildman–Crippen MR) is 78.7 cm³/mol. The average molecular weight is 318 g/mol. The lowest BCUT2D eigenvalue weighted by Gasteiger charge is -2.14. The van der Waals surface area contributed by atoms with Gasteiger partial charge in [0.25, 0.3) is 0 Å². The number of aliphatic hydroxyl groups is 1. The van der Waals surface area contributed by atoms with Crippen LogP contribution in [0.4, 0.5) is 23.7 Å². The van der Waals surface area contributed by atoms with Gasteiger partial charge in [0.15, 0.2) is 0 Å². The molecule has 0 spiro atoms. The van der Waals surface area contributed by atoms with E-state index in [-0.39, 0.29) is 17.8 Å². The predicted octanol–water partition coefficient (Wildman–Crippen LogP) is 3.32. The van der Waals surface area contributed by atoms with E-state index in [2.05, 4.69) is 10.6 Å². The first-order valence-corrected chi connectivity index (χ1v) is 7.04. The quantitative estimate of drug-likeness (QED) is 0.753. The number of benzene rings is 1. The highest BCUT2D eigenvalue weighted by Crippen LogP contribution is 2.22. The maximum atomic E-state index is 12.3. The van der Waals surface area contributed by atoms with Gasteiger partial charge in [0.1, 0.15) is 0 Å². The number of alkyl halides is 3. The molecule has 0 aliphatic carbocycles. The molecule has 7 heteroatoms. The number of halogens is 3. The SMILES string of the molecule is CC(C)CC(O)CNC(=O)Nc1cccc(CC(F)(F)F)c1. The summed E-state index contributed by atoms with van der Waals surface area (Å²) in [5, 5.41) is 14.6. The Kier molecular flexibility index (Phi) is 6.67. The van der Waals surface area contributed by atoms with Crippen LogP contribution in [0.2, 0.25) is 0 Å². The van der Waals surface area contributed by atoms with E-state index in [4.69, 9.17) is 0 Å². The zero-order chi connectivity index (χ0) is 16.8. The Morgan fingerprint density at radius 3 is 2.59 bits per heavy atom. The van der Waals surface area contributed by atoms with Crippen molar-refractivity contribution in [1.29, 1.82) is 0 Å². The number of hydrogen-bond donors (Lipinski definition) is 3. The molecule has 0 radical (unpaired) electrons. The van der Waals surface area contributed by atoms with E-state index in [0.717, 1.165) is 0 Å². The lowest BCUT2D eigenvalue weighted by Crippen LogP contribution is -2.35. The van der Waals surface area contributed by atoms with Gasteiger partial charge >= 0.3 is 12.2 Å². The Hall–Kier alpha value is -1.76. The molecule has 124 valence electrons. The summed E-state index contributed by atoms with van der Waals surface area (Å²) in [4.78, 5) is 11.6. The molecule has 1 aromatic carbocycles. The minimum atomic E-state index is -4.29. The van der Waals surface area contributed by atoms with E-state index < -0.39 is 24.7 Å². The zero-order valence-corrected chi connectivity index (χ0v) is 12.6. The van der Waals surface area contributed by atoms with Crippen LogP contribution in [0.5, 0.6) is 0 Å². The van der Waals surface area contributed by atoms with Crippen LogP contribution in [0, 0.1) is 5.92 Å². The fourth-order valence-electron chi connectivity index (χ4n) is 2.00. The molecular formula is C15H21F3N2O2. The van der Waals surface area contributed by atoms with Crippen LogP contribution in [-0.4, -0.2) is 30.0 Å². The van der Waals surface area contributed by atoms with Gasteiger partial charge in [-0.1, -0.05) is 26.0 Å². The van der Waals surface area contributed by atoms with E-state index in [1.807, 2.05) is 13.8 Å². The van der Waals surface area contributed by atoms with Crippen molar-refractivity contribution in [1.82, 2.24) is 5.32 Å². The number of anilines is 1. The van der Waals surface area contributed by atoms with Crippen molar-refractivity contribution >= 4 is 11.7 Å². The molecule has 4 nitrogen and oxygen atoms in total. The van der Waals surface area contributed by atoms with Crippen molar-refractivity contribution in [3.05, 3.63) is 29.8 Å². The summed E-state index contributed by atoms with van der Waals surface area (Å²) < 4.78 is 37.0. The molecule has 0 heterocycles. The normalized spacial score (nSPS) is 13.0. The summed E-state index contributed by atoms with van der Waals surface area (Å²) in [7, 11) is 0. The molecule has 2 amide bonds. The molecule has 0 aliphatic rings. The molecular weight excluding hydrogens is 297 g/mol. The first-order chi connectivity index (χ1) is 10.2. The number of nitrogens with one attached hydrogen (secondary N) is 2. The maximum absolute atomic E-state index is 12.3. The molecule has 1 aromatic rings. The van der Waals surface area contributed by atoms with Crippen LogP contribution in [-0.2, 0) is 6.42 Å². The Morgan fingerprint density at radius 2 is 2.00 bits per heavy atom. The third kappa shape index (κ3) is 7.87. The highest BCUT2D eigenvalue weighted by atomic mass is 19.4. The summed E-state index contributed by atoms with van der Waals surface area (Å²) in [6.07, 6.45) is -5.43. The van der Waals surface area contributed by atoms with Gasteiger partial charge in [0.05, 0.1) is 12.5 Å². The second kappa shape index (κ2) is 8.03. The second-order valence-corrected chi connectivity index (χ2v) is 5.61. The number of carbonyl (C=O) groups excluding carboxylic acids is 1. The lowest BCUT2D eigenvalue weighted by molar-refractivity contribution is -0.127. The molecule has 0 aromatic heterocycles. The minimum absolute atomic E-state index is 0.0742. The smallest absolute Gasteiger partial charge is 0.391 e. The van der Waals surface area contributed by atoms with Gasteiger partial charge in [-0.2, -0.15) is 13.2 Å². The molecule has 1 atom stereocenters. The van der Waals surface area contributed by atoms with Crippen molar-refractivity contribution in [3.8, 4) is 0 Å². The van der Waals surface area contributed by atoms with Crippen LogP contribution in [0.3, 0.4) is 0 Å². The Balaban J connectivity index is 2.49. The van der Waals surface area contributed by atoms with E-state index in [0.29, 0.717) is 12.3 Å². The molecule has 22 heavy (non-hydrogen) atoms. The van der Waals surface area contributed by atoms with Gasteiger partial charge in [-0.3, -0.25) is 0 Å². The summed E-state index contributed by atoms with van der Waals surface area (Å²) in [5.74, 6) is 0.305. The lowest BCUT2D eigenvalue weighted by atomic mass is 10.1. The van der Waals surface area contributed by atoms with Crippen molar-refractivity contribution in [2.45, 2.75) is 39.0 Å². The molecule has 0 saturated heterocycles. The van der Waals surface area contributed by atoms with Crippen molar-refractivity contribution in [2.75, 3.05) is 11.9 Å². The Labute approximate surface area is 127 Å². The van der Waals surface area contributed by atoms with E-state index >= 15 is 0 Å². The fourth-order valence-corrected chi connectivity index (χ4v) is 2.00. The number of aliphatic hydroxyl groups excluding tert-OH is 1. The molecule has 0 aliphatic heterocycles. The van der Waals surface area contributed by atoms with Crippen LogP contribution >= 0.6 is 0 Å². The molecule has 0 saturated carbocycles. The monoisotopic (exact) mass is 318 g/mol. The van der Waals surface area contributed by atoms with Gasteiger partial charge < -0.3 is 15.7 Å². The summed E-state index contributed by atoms with van der Waals surface area (Å²) in [6, 6.07) is 5.02. The molecule has 1 rings (SSSR count). The maximum Gasteiger partial charge on any atom is 0.393 e. The summed E-state index contributed by atoms with van der Waals surface area (Å²) in [6.45, 7) is 4.00.